The first kappa shape index (κ1) is 21.7. The van der Waals surface area contributed by atoms with Gasteiger partial charge in [0.25, 0.3) is 11.8 Å². The van der Waals surface area contributed by atoms with E-state index in [0.717, 1.165) is 36.9 Å². The van der Waals surface area contributed by atoms with Crippen molar-refractivity contribution in [1.29, 1.82) is 0 Å². The molecule has 9 heteroatoms. The van der Waals surface area contributed by atoms with Crippen LogP contribution in [0.5, 0.6) is 11.5 Å². The molecule has 0 radical (unpaired) electrons. The number of nitrogens with zero attached hydrogens (tertiary/aromatic N) is 2. The Balaban J connectivity index is 1.12. The van der Waals surface area contributed by atoms with Crippen LogP contribution in [0.4, 0.5) is 5.69 Å². The van der Waals surface area contributed by atoms with Gasteiger partial charge in [-0.25, -0.2) is 0 Å². The van der Waals surface area contributed by atoms with Crippen molar-refractivity contribution in [3.05, 3.63) is 64.8 Å². The molecule has 0 aliphatic carbocycles. The van der Waals surface area contributed by atoms with Crippen LogP contribution in [-0.2, 0) is 16.1 Å². The van der Waals surface area contributed by atoms with Crippen LogP contribution < -0.4 is 14.8 Å². The molecule has 5 rings (SSSR count). The zero-order valence-corrected chi connectivity index (χ0v) is 18.9. The molecule has 0 bridgehead atoms. The summed E-state index contributed by atoms with van der Waals surface area (Å²) in [5, 5.41) is 4.53. The molecular weight excluding hydrogens is 442 g/mol. The number of carbonyl (C=O) groups excluding carboxylic acids is 2. The smallest absolute Gasteiger partial charge is 0.291 e. The van der Waals surface area contributed by atoms with Gasteiger partial charge in [-0.1, -0.05) is 6.07 Å². The number of amides is 2. The highest BCUT2D eigenvalue weighted by atomic mass is 32.2. The summed E-state index contributed by atoms with van der Waals surface area (Å²) in [4.78, 5) is 29.4. The van der Waals surface area contributed by atoms with Crippen LogP contribution in [0.2, 0.25) is 0 Å². The fourth-order valence-electron chi connectivity index (χ4n) is 3.97. The average Bonchev–Trinajstić information content (AvgIpc) is 3.33. The maximum Gasteiger partial charge on any atom is 0.291 e. The molecule has 1 N–H and O–H groups in total. The van der Waals surface area contributed by atoms with Crippen LogP contribution in [-0.4, -0.2) is 66.9 Å². The van der Waals surface area contributed by atoms with Crippen molar-refractivity contribution < 1.29 is 23.8 Å². The van der Waals surface area contributed by atoms with E-state index in [4.69, 9.17) is 14.2 Å². The second kappa shape index (κ2) is 9.76. The number of fused-ring (bicyclic) bond motifs is 1. The first-order chi connectivity index (χ1) is 16.2. The largest absolute Gasteiger partial charge is 0.487 e. The van der Waals surface area contributed by atoms with Gasteiger partial charge in [0.15, 0.2) is 17.3 Å². The second-order valence-corrected chi connectivity index (χ2v) is 8.97. The van der Waals surface area contributed by atoms with Gasteiger partial charge in [-0.3, -0.25) is 14.5 Å². The van der Waals surface area contributed by atoms with E-state index in [0.29, 0.717) is 36.7 Å². The molecule has 172 valence electrons. The first-order valence-electron chi connectivity index (χ1n) is 10.9. The van der Waals surface area contributed by atoms with Gasteiger partial charge < -0.3 is 24.4 Å². The summed E-state index contributed by atoms with van der Waals surface area (Å²) in [7, 11) is 0. The van der Waals surface area contributed by atoms with Crippen LogP contribution in [0.1, 0.15) is 15.9 Å². The molecule has 3 aliphatic rings. The van der Waals surface area contributed by atoms with Crippen molar-refractivity contribution in [3.8, 4) is 11.5 Å². The van der Waals surface area contributed by atoms with E-state index in [-0.39, 0.29) is 18.6 Å². The van der Waals surface area contributed by atoms with E-state index in [9.17, 15) is 9.59 Å². The molecule has 0 saturated carbocycles. The molecule has 1 saturated heterocycles. The first-order valence-corrected chi connectivity index (χ1v) is 12.0. The van der Waals surface area contributed by atoms with Crippen LogP contribution in [0.25, 0.3) is 0 Å². The molecule has 0 unspecified atom stereocenters. The molecule has 8 nitrogen and oxygen atoms in total. The van der Waals surface area contributed by atoms with Crippen molar-refractivity contribution in [2.24, 2.45) is 0 Å². The normalized spacial score (nSPS) is 17.8. The van der Waals surface area contributed by atoms with Crippen LogP contribution >= 0.6 is 11.8 Å². The van der Waals surface area contributed by atoms with Gasteiger partial charge in [0.1, 0.15) is 0 Å². The summed E-state index contributed by atoms with van der Waals surface area (Å²) in [6.07, 6.45) is 0. The number of carbonyl (C=O) groups is 2. The third-order valence-corrected chi connectivity index (χ3v) is 6.55. The molecule has 0 spiro atoms. The lowest BCUT2D eigenvalue weighted by atomic mass is 10.1. The number of piperazine rings is 1. The number of anilines is 1. The summed E-state index contributed by atoms with van der Waals surface area (Å²) in [5.74, 6) is 2.48. The fraction of sp³-hybridized carbons (Fsp3) is 0.333. The summed E-state index contributed by atoms with van der Waals surface area (Å²) in [6, 6.07) is 13.0. The number of hydrogen-bond acceptors (Lipinski definition) is 7. The van der Waals surface area contributed by atoms with Gasteiger partial charge in [-0.05, 0) is 42.0 Å². The third-order valence-electron chi connectivity index (χ3n) is 5.77. The Morgan fingerprint density at radius 2 is 1.73 bits per heavy atom. The predicted molar refractivity (Wildman–Crippen MR) is 125 cm³/mol. The molecule has 2 aromatic rings. The maximum absolute atomic E-state index is 12.9. The molecule has 3 heterocycles. The number of thioether (sulfide) groups is 1. The van der Waals surface area contributed by atoms with Crippen molar-refractivity contribution in [2.75, 3.05) is 50.6 Å². The SMILES string of the molecule is O=C(Nc1ccc(C(=O)N2CCN(Cc3ccc4c(c3)OCO4)CC2)cc1)C1=CSCCO1. The second-order valence-electron chi connectivity index (χ2n) is 7.99. The molecule has 2 amide bonds. The topological polar surface area (TPSA) is 80.3 Å². The Labute approximate surface area is 196 Å². The Kier molecular flexibility index (Phi) is 6.41. The summed E-state index contributed by atoms with van der Waals surface area (Å²) < 4.78 is 16.2. The zero-order valence-electron chi connectivity index (χ0n) is 18.1. The van der Waals surface area contributed by atoms with E-state index >= 15 is 0 Å². The van der Waals surface area contributed by atoms with Gasteiger partial charge in [0.2, 0.25) is 6.79 Å². The summed E-state index contributed by atoms with van der Waals surface area (Å²) >= 11 is 1.56. The quantitative estimate of drug-likeness (QED) is 0.724. The molecule has 1 fully saturated rings. The number of benzene rings is 2. The molecule has 0 aromatic heterocycles. The standard InChI is InChI=1S/C24H25N3O5S/c28-23(22-15-33-12-11-30-22)25-19-4-2-18(3-5-19)24(29)27-9-7-26(8-10-27)14-17-1-6-20-21(13-17)32-16-31-20/h1-6,13,15H,7-12,14,16H2,(H,25,28). The van der Waals surface area contributed by atoms with Crippen LogP contribution in [0.15, 0.2) is 53.6 Å². The predicted octanol–water partition coefficient (Wildman–Crippen LogP) is 2.92. The highest BCUT2D eigenvalue weighted by Crippen LogP contribution is 2.33. The Bertz CT molecular complexity index is 1060. The lowest BCUT2D eigenvalue weighted by Gasteiger charge is -2.34. The van der Waals surface area contributed by atoms with Gasteiger partial charge in [-0.15, -0.1) is 11.8 Å². The molecule has 3 aliphatic heterocycles. The Hall–Kier alpha value is -3.17. The Morgan fingerprint density at radius 3 is 2.48 bits per heavy atom. The van der Waals surface area contributed by atoms with E-state index in [1.807, 2.05) is 17.0 Å². The summed E-state index contributed by atoms with van der Waals surface area (Å²) in [5.41, 5.74) is 2.41. The average molecular weight is 468 g/mol. The lowest BCUT2D eigenvalue weighted by Crippen LogP contribution is -2.48. The highest BCUT2D eigenvalue weighted by Gasteiger charge is 2.23. The van der Waals surface area contributed by atoms with E-state index in [2.05, 4.69) is 16.3 Å². The lowest BCUT2D eigenvalue weighted by molar-refractivity contribution is -0.116. The zero-order chi connectivity index (χ0) is 22.6. The highest BCUT2D eigenvalue weighted by molar-refractivity contribution is 8.02. The van der Waals surface area contributed by atoms with Crippen LogP contribution in [0, 0.1) is 0 Å². The number of ether oxygens (including phenoxy) is 3. The fourth-order valence-corrected chi connectivity index (χ4v) is 4.59. The molecular formula is C24H25N3O5S. The van der Waals surface area contributed by atoms with Gasteiger partial charge in [0.05, 0.1) is 6.61 Å². The summed E-state index contributed by atoms with van der Waals surface area (Å²) in [6.45, 7) is 4.57. The molecule has 33 heavy (non-hydrogen) atoms. The third kappa shape index (κ3) is 5.09. The minimum Gasteiger partial charge on any atom is -0.487 e. The van der Waals surface area contributed by atoms with E-state index in [1.165, 1.54) is 5.56 Å². The minimum absolute atomic E-state index is 0.00493. The number of rotatable bonds is 5. The van der Waals surface area contributed by atoms with Crippen LogP contribution in [0.3, 0.4) is 0 Å². The maximum atomic E-state index is 12.9. The van der Waals surface area contributed by atoms with Crippen molar-refractivity contribution in [1.82, 2.24) is 9.80 Å². The number of nitrogens with one attached hydrogen (secondary N) is 1. The molecule has 0 atom stereocenters. The van der Waals surface area contributed by atoms with Gasteiger partial charge >= 0.3 is 0 Å². The monoisotopic (exact) mass is 467 g/mol. The van der Waals surface area contributed by atoms with Crippen molar-refractivity contribution >= 4 is 29.3 Å². The van der Waals surface area contributed by atoms with Crippen molar-refractivity contribution in [3.63, 3.8) is 0 Å². The van der Waals surface area contributed by atoms with Crippen molar-refractivity contribution in [2.45, 2.75) is 6.54 Å². The number of hydrogen-bond donors (Lipinski definition) is 1. The molecule has 2 aromatic carbocycles. The Morgan fingerprint density at radius 1 is 0.939 bits per heavy atom. The van der Waals surface area contributed by atoms with E-state index in [1.54, 1.807) is 41.4 Å². The van der Waals surface area contributed by atoms with Gasteiger partial charge in [-0.2, -0.15) is 0 Å². The van der Waals surface area contributed by atoms with E-state index < -0.39 is 0 Å². The van der Waals surface area contributed by atoms with Gasteiger partial charge in [0, 0.05) is 55.1 Å². The minimum atomic E-state index is -0.278.